The van der Waals surface area contributed by atoms with Crippen molar-refractivity contribution in [3.8, 4) is 0 Å². The summed E-state index contributed by atoms with van der Waals surface area (Å²) < 4.78 is 42.9. The summed E-state index contributed by atoms with van der Waals surface area (Å²) in [5.74, 6) is 2.73. The summed E-state index contributed by atoms with van der Waals surface area (Å²) in [6, 6.07) is 41.5. The van der Waals surface area contributed by atoms with Crippen molar-refractivity contribution in [3.05, 3.63) is 156 Å². The molecule has 4 aromatic carbocycles. The molecule has 1 aliphatic heterocycles. The Balaban J connectivity index is 0.951. The molecule has 0 amide bonds. The molecule has 0 aromatic heterocycles. The Bertz CT molecular complexity index is 2410. The van der Waals surface area contributed by atoms with E-state index in [0.717, 1.165) is 54.4 Å². The molecule has 5 aliphatic carbocycles. The van der Waals surface area contributed by atoms with Gasteiger partial charge in [0.2, 0.25) is 0 Å². The third-order valence-corrected chi connectivity index (χ3v) is 21.3. The first-order valence-corrected chi connectivity index (χ1v) is 28.4. The van der Waals surface area contributed by atoms with Gasteiger partial charge in [0.15, 0.2) is 6.29 Å². The third kappa shape index (κ3) is 9.90. The maximum absolute atomic E-state index is 11.9. The summed E-state index contributed by atoms with van der Waals surface area (Å²) in [4.78, 5) is 0. The van der Waals surface area contributed by atoms with Gasteiger partial charge in [-0.15, -0.1) is 0 Å². The highest BCUT2D eigenvalue weighted by Gasteiger charge is 2.72. The van der Waals surface area contributed by atoms with E-state index < -0.39 is 30.7 Å². The summed E-state index contributed by atoms with van der Waals surface area (Å²) in [5, 5.41) is 11.9. The maximum atomic E-state index is 11.9. The van der Waals surface area contributed by atoms with Gasteiger partial charge < -0.3 is 33.5 Å². The number of hydrogen-bond acceptors (Lipinski definition) is 7. The quantitative estimate of drug-likeness (QED) is 0.0786. The molecular weight excluding hydrogens is 905 g/mol. The number of aliphatic hydroxyl groups excluding tert-OH is 1. The molecule has 16 atom stereocenters. The van der Waals surface area contributed by atoms with Crippen molar-refractivity contribution >= 4 is 0 Å². The Morgan fingerprint density at radius 2 is 1.15 bits per heavy atom. The molecule has 1 saturated heterocycles. The molecule has 1 N–H and O–H groups in total. The van der Waals surface area contributed by atoms with Gasteiger partial charge >= 0.3 is 0 Å². The van der Waals surface area contributed by atoms with Crippen LogP contribution >= 0.6 is 0 Å². The Labute approximate surface area is 439 Å². The monoisotopic (exact) mass is 993 g/mol. The zero-order valence-electron chi connectivity index (χ0n) is 45.4. The van der Waals surface area contributed by atoms with Crippen molar-refractivity contribution in [2.24, 2.45) is 56.7 Å². The lowest BCUT2D eigenvalue weighted by Crippen LogP contribution is -2.68. The lowest BCUT2D eigenvalue weighted by Gasteiger charge is -2.73. The molecule has 0 bridgehead atoms. The van der Waals surface area contributed by atoms with Crippen LogP contribution in [-0.2, 0) is 54.8 Å². The van der Waals surface area contributed by atoms with Crippen LogP contribution < -0.4 is 0 Å². The number of ether oxygens (including phenoxy) is 6. The van der Waals surface area contributed by atoms with Crippen molar-refractivity contribution in [3.63, 3.8) is 0 Å². The fourth-order valence-corrected chi connectivity index (χ4v) is 17.4. The minimum atomic E-state index is -0.739. The molecule has 73 heavy (non-hydrogen) atoms. The van der Waals surface area contributed by atoms with Crippen molar-refractivity contribution in [2.45, 2.75) is 188 Å². The predicted molar refractivity (Wildman–Crippen MR) is 290 cm³/mol. The van der Waals surface area contributed by atoms with Crippen LogP contribution in [0.2, 0.25) is 0 Å². The van der Waals surface area contributed by atoms with Crippen LogP contribution in [0.5, 0.6) is 0 Å². The highest BCUT2D eigenvalue weighted by molar-refractivity contribution is 5.23. The van der Waals surface area contributed by atoms with Gasteiger partial charge in [0.05, 0.1) is 45.2 Å². The second-order valence-electron chi connectivity index (χ2n) is 25.2. The van der Waals surface area contributed by atoms with E-state index >= 15 is 0 Å². The normalized spacial score (nSPS) is 38.1. The lowest BCUT2D eigenvalue weighted by atomic mass is 9.32. The standard InChI is InChI=1S/C66H88O7/c1-9-55(67)66-37-32-50(45(2)3)57(66)51-30-31-54-63(6)35-34-56(62(4,5)53(63)33-36-65(54,8)64(51,7)38-39-66)73-61-60(71-43-49-28-20-13-21-29-49)59(70-42-48-26-18-12-19-27-48)58(69-41-47-24-16-11-17-25-47)52(72-61)44-68-40-46-22-14-10-15-23-46/h10-29,50-61,67H,2,9,30-44H2,1,3-8H3/t50-,51+,52+,53-,54+,55?,56-,57+,58+,59-,60-,61+,63-,64+,65+,66+/m0/s1. The summed E-state index contributed by atoms with van der Waals surface area (Å²) in [6.45, 7) is 24.1. The lowest BCUT2D eigenvalue weighted by molar-refractivity contribution is -0.350. The first-order valence-electron chi connectivity index (χ1n) is 28.4. The topological polar surface area (TPSA) is 75.6 Å². The molecule has 4 aromatic rings. The molecule has 7 nitrogen and oxygen atoms in total. The van der Waals surface area contributed by atoms with E-state index in [1.54, 1.807) is 0 Å². The van der Waals surface area contributed by atoms with Crippen LogP contribution in [0, 0.1) is 56.7 Å². The van der Waals surface area contributed by atoms with Gasteiger partial charge in [-0.2, -0.15) is 0 Å². The van der Waals surface area contributed by atoms with Gasteiger partial charge in [0.25, 0.3) is 0 Å². The summed E-state index contributed by atoms with van der Waals surface area (Å²) in [5.41, 5.74) is 6.15. The summed E-state index contributed by atoms with van der Waals surface area (Å²) >= 11 is 0. The highest BCUT2D eigenvalue weighted by atomic mass is 16.7. The van der Waals surface area contributed by atoms with E-state index in [-0.39, 0.29) is 39.3 Å². The van der Waals surface area contributed by atoms with Crippen molar-refractivity contribution in [2.75, 3.05) is 6.61 Å². The smallest absolute Gasteiger partial charge is 0.187 e. The zero-order valence-corrected chi connectivity index (χ0v) is 45.4. The van der Waals surface area contributed by atoms with Crippen molar-refractivity contribution in [1.29, 1.82) is 0 Å². The van der Waals surface area contributed by atoms with Crippen LogP contribution in [0.1, 0.15) is 141 Å². The van der Waals surface area contributed by atoms with Crippen molar-refractivity contribution < 1.29 is 33.5 Å². The molecule has 1 unspecified atom stereocenters. The number of benzene rings is 4. The van der Waals surface area contributed by atoms with E-state index in [1.807, 2.05) is 24.3 Å². The van der Waals surface area contributed by atoms with E-state index in [1.165, 1.54) is 44.1 Å². The third-order valence-electron chi connectivity index (χ3n) is 21.3. The van der Waals surface area contributed by atoms with Gasteiger partial charge in [-0.25, -0.2) is 0 Å². The predicted octanol–water partition coefficient (Wildman–Crippen LogP) is 14.5. The van der Waals surface area contributed by atoms with Gasteiger partial charge in [-0.05, 0) is 151 Å². The maximum Gasteiger partial charge on any atom is 0.187 e. The van der Waals surface area contributed by atoms with Gasteiger partial charge in [0.1, 0.15) is 24.4 Å². The molecule has 7 heteroatoms. The first kappa shape index (κ1) is 52.8. The summed E-state index contributed by atoms with van der Waals surface area (Å²) in [7, 11) is 0. The van der Waals surface area contributed by atoms with E-state index in [9.17, 15) is 5.11 Å². The summed E-state index contributed by atoms with van der Waals surface area (Å²) in [6.07, 6.45) is 9.33. The minimum Gasteiger partial charge on any atom is -0.393 e. The second-order valence-corrected chi connectivity index (χ2v) is 25.2. The number of fused-ring (bicyclic) bond motifs is 7. The van der Waals surface area contributed by atoms with E-state index in [0.29, 0.717) is 62.6 Å². The molecule has 394 valence electrons. The number of rotatable bonds is 18. The largest absolute Gasteiger partial charge is 0.393 e. The fraction of sp³-hybridized carbons (Fsp3) is 0.606. The Hall–Kier alpha value is -3.66. The Morgan fingerprint density at radius 1 is 0.603 bits per heavy atom. The van der Waals surface area contributed by atoms with Gasteiger partial charge in [-0.1, -0.05) is 175 Å². The van der Waals surface area contributed by atoms with Crippen molar-refractivity contribution in [1.82, 2.24) is 0 Å². The second kappa shape index (κ2) is 21.8. The van der Waals surface area contributed by atoms with Crippen LogP contribution in [0.25, 0.3) is 0 Å². The molecular formula is C66H88O7. The molecule has 10 rings (SSSR count). The Morgan fingerprint density at radius 3 is 1.71 bits per heavy atom. The average Bonchev–Trinajstić information content (AvgIpc) is 3.81. The van der Waals surface area contributed by atoms with Gasteiger partial charge in [0, 0.05) is 5.41 Å². The SMILES string of the molecule is C=C(C)[C@@H]1CC[C@]2(C(O)CC)CC[C@]3(C)[C@H](CC[C@@H]4[C@@]5(C)CC[C@H](O[C@H]6O[C@H](COCc7ccccc7)[C@@H](OCc7ccccc7)[C@H](OCc7ccccc7)[C@@H]6OCc6ccccc6)C(C)(C)[C@@H]5CC[C@]43C)[C@@H]12. The Kier molecular flexibility index (Phi) is 15.7. The minimum absolute atomic E-state index is 0.0285. The number of allylic oxidation sites excluding steroid dienone is 1. The van der Waals surface area contributed by atoms with Crippen LogP contribution in [-0.4, -0.2) is 54.6 Å². The molecule has 0 radical (unpaired) electrons. The average molecular weight is 993 g/mol. The number of aliphatic hydroxyl groups is 1. The molecule has 1 heterocycles. The first-order chi connectivity index (χ1) is 35.2. The van der Waals surface area contributed by atoms with E-state index in [4.69, 9.17) is 28.4 Å². The number of hydrogen-bond donors (Lipinski definition) is 1. The van der Waals surface area contributed by atoms with Crippen LogP contribution in [0.4, 0.5) is 0 Å². The fourth-order valence-electron chi connectivity index (χ4n) is 17.4. The van der Waals surface area contributed by atoms with Gasteiger partial charge in [-0.3, -0.25) is 0 Å². The molecule has 6 fully saturated rings. The molecule has 6 aliphatic rings. The zero-order chi connectivity index (χ0) is 51.0. The highest BCUT2D eigenvalue weighted by Crippen LogP contribution is 2.78. The van der Waals surface area contributed by atoms with Crippen LogP contribution in [0.15, 0.2) is 133 Å². The van der Waals surface area contributed by atoms with Crippen LogP contribution in [0.3, 0.4) is 0 Å². The van der Waals surface area contributed by atoms with E-state index in [2.05, 4.69) is 152 Å². The molecule has 0 spiro atoms. The molecule has 5 saturated carbocycles.